The van der Waals surface area contributed by atoms with E-state index in [2.05, 4.69) is 35.2 Å². The maximum atomic E-state index is 12.3. The molecule has 2 heterocycles. The quantitative estimate of drug-likeness (QED) is 0.712. The highest BCUT2D eigenvalue weighted by Gasteiger charge is 2.21. The van der Waals surface area contributed by atoms with Crippen molar-refractivity contribution in [2.45, 2.75) is 59.6 Å². The van der Waals surface area contributed by atoms with Gasteiger partial charge in [-0.05, 0) is 31.7 Å². The normalized spacial score (nSPS) is 17.9. The van der Waals surface area contributed by atoms with E-state index >= 15 is 0 Å². The van der Waals surface area contributed by atoms with Crippen LogP contribution in [0.3, 0.4) is 0 Å². The fourth-order valence-corrected chi connectivity index (χ4v) is 3.61. The van der Waals surface area contributed by atoms with Gasteiger partial charge in [-0.3, -0.25) is 14.4 Å². The highest BCUT2D eigenvalue weighted by molar-refractivity contribution is 5.76. The summed E-state index contributed by atoms with van der Waals surface area (Å²) in [7, 11) is 0. The minimum absolute atomic E-state index is 0.0446. The number of hydrogen-bond acceptors (Lipinski definition) is 5. The summed E-state index contributed by atoms with van der Waals surface area (Å²) in [6.45, 7) is 13.2. The zero-order valence-corrected chi connectivity index (χ0v) is 17.1. The number of nitrogens with one attached hydrogen (secondary N) is 1. The standard InChI is InChI=1S/C20H33N5O2/c1-15(2)13-24-10-11-27-18(14-24)12-22-20(26)7-6-19-16(3)23-25(17(19)4)9-5-8-21/h15,18H,5-7,9-14H2,1-4H3,(H,22,26). The molecule has 7 nitrogen and oxygen atoms in total. The lowest BCUT2D eigenvalue weighted by Gasteiger charge is -2.33. The summed E-state index contributed by atoms with van der Waals surface area (Å²) in [5.41, 5.74) is 3.11. The van der Waals surface area contributed by atoms with Crippen LogP contribution in [0.2, 0.25) is 0 Å². The number of morpholine rings is 1. The van der Waals surface area contributed by atoms with Crippen LogP contribution in [0.1, 0.15) is 43.6 Å². The summed E-state index contributed by atoms with van der Waals surface area (Å²) in [4.78, 5) is 14.7. The monoisotopic (exact) mass is 375 g/mol. The Bertz CT molecular complexity index is 662. The number of nitriles is 1. The van der Waals surface area contributed by atoms with Gasteiger partial charge >= 0.3 is 0 Å². The molecule has 0 spiro atoms. The lowest BCUT2D eigenvalue weighted by atomic mass is 10.1. The highest BCUT2D eigenvalue weighted by atomic mass is 16.5. The first-order chi connectivity index (χ1) is 12.9. The summed E-state index contributed by atoms with van der Waals surface area (Å²) < 4.78 is 7.65. The van der Waals surface area contributed by atoms with Crippen LogP contribution in [-0.2, 0) is 22.5 Å². The van der Waals surface area contributed by atoms with Gasteiger partial charge in [0.05, 0.1) is 37.4 Å². The average Bonchev–Trinajstić information content (AvgIpc) is 2.89. The van der Waals surface area contributed by atoms with E-state index in [1.54, 1.807) is 0 Å². The number of nitrogens with zero attached hydrogens (tertiary/aromatic N) is 4. The molecule has 1 aliphatic heterocycles. The molecule has 0 aliphatic carbocycles. The lowest BCUT2D eigenvalue weighted by Crippen LogP contribution is -2.48. The van der Waals surface area contributed by atoms with Gasteiger partial charge < -0.3 is 10.1 Å². The molecule has 1 aromatic rings. The van der Waals surface area contributed by atoms with Gasteiger partial charge in [0.1, 0.15) is 0 Å². The van der Waals surface area contributed by atoms with Crippen molar-refractivity contribution in [3.8, 4) is 6.07 Å². The topological polar surface area (TPSA) is 83.2 Å². The molecule has 0 aromatic carbocycles. The smallest absolute Gasteiger partial charge is 0.220 e. The molecule has 0 radical (unpaired) electrons. The van der Waals surface area contributed by atoms with Crippen LogP contribution in [0.25, 0.3) is 0 Å². The Morgan fingerprint density at radius 2 is 2.22 bits per heavy atom. The zero-order valence-electron chi connectivity index (χ0n) is 17.1. The molecule has 1 saturated heterocycles. The summed E-state index contributed by atoms with van der Waals surface area (Å²) in [5.74, 6) is 0.682. The maximum absolute atomic E-state index is 12.3. The molecule has 150 valence electrons. The van der Waals surface area contributed by atoms with E-state index in [4.69, 9.17) is 10.00 Å². The third-order valence-corrected chi connectivity index (χ3v) is 4.94. The molecule has 0 bridgehead atoms. The molecule has 27 heavy (non-hydrogen) atoms. The second-order valence-electron chi connectivity index (χ2n) is 7.73. The first-order valence-electron chi connectivity index (χ1n) is 9.91. The second-order valence-corrected chi connectivity index (χ2v) is 7.73. The third kappa shape index (κ3) is 6.64. The molecule has 1 fully saturated rings. The van der Waals surface area contributed by atoms with Crippen molar-refractivity contribution in [1.29, 1.82) is 5.26 Å². The predicted octanol–water partition coefficient (Wildman–Crippen LogP) is 1.82. The largest absolute Gasteiger partial charge is 0.374 e. The van der Waals surface area contributed by atoms with Crippen molar-refractivity contribution in [3.05, 3.63) is 17.0 Å². The minimum Gasteiger partial charge on any atom is -0.374 e. The van der Waals surface area contributed by atoms with E-state index < -0.39 is 0 Å². The van der Waals surface area contributed by atoms with Gasteiger partial charge in [-0.1, -0.05) is 13.8 Å². The van der Waals surface area contributed by atoms with Crippen molar-refractivity contribution >= 4 is 5.91 Å². The first kappa shape index (κ1) is 21.4. The zero-order chi connectivity index (χ0) is 19.8. The number of aromatic nitrogens is 2. The summed E-state index contributed by atoms with van der Waals surface area (Å²) in [6.07, 6.45) is 1.62. The van der Waals surface area contributed by atoms with E-state index in [0.29, 0.717) is 38.3 Å². The number of rotatable bonds is 9. The fourth-order valence-electron chi connectivity index (χ4n) is 3.61. The number of hydrogen-bond donors (Lipinski definition) is 1. The molecular formula is C20H33N5O2. The molecule has 7 heteroatoms. The van der Waals surface area contributed by atoms with Gasteiger partial charge in [-0.15, -0.1) is 0 Å². The van der Waals surface area contributed by atoms with Crippen molar-refractivity contribution in [3.63, 3.8) is 0 Å². The van der Waals surface area contributed by atoms with E-state index in [9.17, 15) is 4.79 Å². The minimum atomic E-state index is 0.0446. The third-order valence-electron chi connectivity index (χ3n) is 4.94. The van der Waals surface area contributed by atoms with Gasteiger partial charge in [0, 0.05) is 38.3 Å². The first-order valence-corrected chi connectivity index (χ1v) is 9.91. The lowest BCUT2D eigenvalue weighted by molar-refractivity contribution is -0.122. The van der Waals surface area contributed by atoms with Crippen molar-refractivity contribution in [2.24, 2.45) is 5.92 Å². The predicted molar refractivity (Wildman–Crippen MR) is 104 cm³/mol. The Labute approximate surface area is 162 Å². The maximum Gasteiger partial charge on any atom is 0.220 e. The molecule has 1 atom stereocenters. The second kappa shape index (κ2) is 10.4. The molecular weight excluding hydrogens is 342 g/mol. The van der Waals surface area contributed by atoms with Crippen molar-refractivity contribution < 1.29 is 9.53 Å². The molecule has 1 amide bonds. The number of amides is 1. The van der Waals surface area contributed by atoms with Crippen LogP contribution < -0.4 is 5.32 Å². The Hall–Kier alpha value is -1.91. The summed E-state index contributed by atoms with van der Waals surface area (Å²) in [6, 6.07) is 2.14. The van der Waals surface area contributed by atoms with Crippen LogP contribution in [-0.4, -0.2) is 59.5 Å². The highest BCUT2D eigenvalue weighted by Crippen LogP contribution is 2.15. The number of carbonyl (C=O) groups is 1. The Morgan fingerprint density at radius 1 is 1.44 bits per heavy atom. The Balaban J connectivity index is 1.76. The fraction of sp³-hybridized carbons (Fsp3) is 0.750. The van der Waals surface area contributed by atoms with Gasteiger partial charge in [-0.25, -0.2) is 0 Å². The molecule has 0 saturated carbocycles. The SMILES string of the molecule is Cc1nn(CCC#N)c(C)c1CCC(=O)NCC1CN(CC(C)C)CCO1. The van der Waals surface area contributed by atoms with E-state index in [-0.39, 0.29) is 12.0 Å². The Kier molecular flexibility index (Phi) is 8.26. The van der Waals surface area contributed by atoms with Crippen LogP contribution in [0, 0.1) is 31.1 Å². The van der Waals surface area contributed by atoms with E-state index in [0.717, 1.165) is 43.2 Å². The molecule has 2 rings (SSSR count). The number of ether oxygens (including phenoxy) is 1. The molecule has 1 N–H and O–H groups in total. The Morgan fingerprint density at radius 3 is 2.93 bits per heavy atom. The van der Waals surface area contributed by atoms with Crippen LogP contribution in [0.15, 0.2) is 0 Å². The van der Waals surface area contributed by atoms with Crippen molar-refractivity contribution in [2.75, 3.05) is 32.8 Å². The van der Waals surface area contributed by atoms with E-state index in [1.165, 1.54) is 0 Å². The number of carbonyl (C=O) groups excluding carboxylic acids is 1. The molecule has 1 aliphatic rings. The number of aryl methyl sites for hydroxylation is 2. The van der Waals surface area contributed by atoms with Gasteiger partial charge in [0.15, 0.2) is 0 Å². The average molecular weight is 376 g/mol. The molecule has 1 aromatic heterocycles. The molecule has 1 unspecified atom stereocenters. The van der Waals surface area contributed by atoms with E-state index in [1.807, 2.05) is 18.5 Å². The van der Waals surface area contributed by atoms with Crippen molar-refractivity contribution in [1.82, 2.24) is 20.0 Å². The van der Waals surface area contributed by atoms with Crippen LogP contribution in [0.5, 0.6) is 0 Å². The van der Waals surface area contributed by atoms with Crippen LogP contribution in [0.4, 0.5) is 0 Å². The van der Waals surface area contributed by atoms with Crippen LogP contribution >= 0.6 is 0 Å². The van der Waals surface area contributed by atoms with Gasteiger partial charge in [0.2, 0.25) is 5.91 Å². The van der Waals surface area contributed by atoms with Gasteiger partial charge in [-0.2, -0.15) is 10.4 Å². The van der Waals surface area contributed by atoms with Gasteiger partial charge in [0.25, 0.3) is 0 Å². The summed E-state index contributed by atoms with van der Waals surface area (Å²) in [5, 5.41) is 16.2. The summed E-state index contributed by atoms with van der Waals surface area (Å²) >= 11 is 0.